The zero-order chi connectivity index (χ0) is 33.0. The molecule has 4 heterocycles. The molecule has 3 saturated heterocycles. The lowest BCUT2D eigenvalue weighted by Crippen LogP contribution is -2.52. The zero-order valence-electron chi connectivity index (χ0n) is 28.0. The summed E-state index contributed by atoms with van der Waals surface area (Å²) in [6, 6.07) is 12.6. The van der Waals surface area contributed by atoms with Gasteiger partial charge in [-0.2, -0.15) is 4.98 Å². The van der Waals surface area contributed by atoms with Gasteiger partial charge in [0, 0.05) is 87.8 Å². The number of halogens is 1. The lowest BCUT2D eigenvalue weighted by molar-refractivity contribution is 0.0982. The second-order valence-electron chi connectivity index (χ2n) is 12.7. The third-order valence-electron chi connectivity index (χ3n) is 9.97. The first-order valence-corrected chi connectivity index (χ1v) is 19.2. The fourth-order valence-corrected chi connectivity index (χ4v) is 9.65. The Balaban J connectivity index is 1.12. The quantitative estimate of drug-likeness (QED) is 0.277. The van der Waals surface area contributed by atoms with E-state index in [0.717, 1.165) is 62.5 Å². The molecule has 0 atom stereocenters. The average molecular weight is 683 g/mol. The third-order valence-corrected chi connectivity index (χ3v) is 13.3. The summed E-state index contributed by atoms with van der Waals surface area (Å²) in [6.45, 7) is 11.5. The van der Waals surface area contributed by atoms with Crippen LogP contribution in [0.5, 0.6) is 11.5 Å². The van der Waals surface area contributed by atoms with Crippen LogP contribution in [0.2, 0.25) is 5.02 Å². The number of hydrogen-bond donors (Lipinski definition) is 2. The highest BCUT2D eigenvalue weighted by Gasteiger charge is 2.31. The Kier molecular flexibility index (Phi) is 10.8. The number of likely N-dealkylation sites (N-methyl/N-ethyl adjacent to an activating group) is 1. The first-order valence-electron chi connectivity index (χ1n) is 16.7. The minimum absolute atomic E-state index is 0.365. The van der Waals surface area contributed by atoms with E-state index in [2.05, 4.69) is 66.3 Å². The molecule has 0 saturated carbocycles. The number of anilines is 5. The molecule has 11 nitrogen and oxygen atoms in total. The number of benzene rings is 2. The summed E-state index contributed by atoms with van der Waals surface area (Å²) >= 11 is 6.54. The molecule has 13 heteroatoms. The summed E-state index contributed by atoms with van der Waals surface area (Å²) < 4.78 is 25.3. The Labute approximate surface area is 283 Å². The van der Waals surface area contributed by atoms with Crippen molar-refractivity contribution < 1.29 is 14.0 Å². The molecule has 3 aliphatic rings. The van der Waals surface area contributed by atoms with Crippen molar-refractivity contribution in [2.24, 2.45) is 0 Å². The van der Waals surface area contributed by atoms with Gasteiger partial charge in [-0.25, -0.2) is 4.98 Å². The van der Waals surface area contributed by atoms with E-state index in [1.807, 2.05) is 24.3 Å². The Bertz CT molecular complexity index is 1570. The lowest BCUT2D eigenvalue weighted by atomic mass is 10.0. The summed E-state index contributed by atoms with van der Waals surface area (Å²) in [7, 11) is 3.02. The standard InChI is InChI=1S/C34H48ClN8O3P/c1-5-41-18-20-47(44,21-19-41)27-7-9-29(32(23-27)46-4)37-33-28(35)24-36-34(39-33)38-30-8-6-26(22-31(30)45-3)42-12-10-25(11-13-42)43-16-14-40(2)15-17-43/h6-9,22-25H,5,10-21H2,1-4H3,(H2,36,37,38,39). The molecule has 1 aromatic heterocycles. The van der Waals surface area contributed by atoms with Gasteiger partial charge < -0.3 is 39.4 Å². The number of ether oxygens (including phenoxy) is 2. The molecular weight excluding hydrogens is 635 g/mol. The van der Waals surface area contributed by atoms with Crippen LogP contribution < -0.4 is 30.3 Å². The molecule has 0 radical (unpaired) electrons. The van der Waals surface area contributed by atoms with Crippen LogP contribution in [0.4, 0.5) is 28.8 Å². The number of piperidine rings is 1. The highest BCUT2D eigenvalue weighted by molar-refractivity contribution is 7.71. The number of nitrogens with one attached hydrogen (secondary N) is 2. The minimum atomic E-state index is -2.48. The highest BCUT2D eigenvalue weighted by atomic mass is 35.5. The van der Waals surface area contributed by atoms with Crippen molar-refractivity contribution in [3.8, 4) is 11.5 Å². The maximum atomic E-state index is 13.8. The summed E-state index contributed by atoms with van der Waals surface area (Å²) in [6.07, 6.45) is 5.27. The maximum absolute atomic E-state index is 13.8. The van der Waals surface area contributed by atoms with Gasteiger partial charge in [-0.1, -0.05) is 18.5 Å². The summed E-state index contributed by atoms with van der Waals surface area (Å²) in [5.74, 6) is 2.11. The number of rotatable bonds is 10. The van der Waals surface area contributed by atoms with Crippen LogP contribution in [0.3, 0.4) is 0 Å². The molecule has 2 aromatic carbocycles. The first kappa shape index (κ1) is 33.8. The van der Waals surface area contributed by atoms with Crippen LogP contribution in [-0.4, -0.2) is 123 Å². The second-order valence-corrected chi connectivity index (χ2v) is 16.3. The number of hydrogen-bond acceptors (Lipinski definition) is 11. The maximum Gasteiger partial charge on any atom is 0.229 e. The number of nitrogens with zero attached hydrogens (tertiary/aromatic N) is 6. The molecular formula is C34H48ClN8O3P. The molecule has 3 fully saturated rings. The summed E-state index contributed by atoms with van der Waals surface area (Å²) in [5.41, 5.74) is 2.59. The van der Waals surface area contributed by atoms with Gasteiger partial charge in [0.05, 0.1) is 31.8 Å². The van der Waals surface area contributed by atoms with Gasteiger partial charge in [0.2, 0.25) is 5.95 Å². The van der Waals surface area contributed by atoms with E-state index in [1.54, 1.807) is 20.4 Å². The monoisotopic (exact) mass is 682 g/mol. The Morgan fingerprint density at radius 1 is 0.894 bits per heavy atom. The smallest absolute Gasteiger partial charge is 0.229 e. The largest absolute Gasteiger partial charge is 0.495 e. The van der Waals surface area contributed by atoms with Crippen LogP contribution in [0.1, 0.15) is 19.8 Å². The molecule has 0 amide bonds. The van der Waals surface area contributed by atoms with Gasteiger partial charge in [0.1, 0.15) is 23.7 Å². The Hall–Kier alpha value is -3.08. The Morgan fingerprint density at radius 3 is 2.23 bits per heavy atom. The normalized spacial score (nSPS) is 19.8. The molecule has 6 rings (SSSR count). The van der Waals surface area contributed by atoms with Crippen molar-refractivity contribution in [2.75, 3.05) is 108 Å². The lowest BCUT2D eigenvalue weighted by Gasteiger charge is -2.42. The minimum Gasteiger partial charge on any atom is -0.495 e. The number of piperazine rings is 1. The number of aromatic nitrogens is 2. The second kappa shape index (κ2) is 15.0. The summed E-state index contributed by atoms with van der Waals surface area (Å²) in [4.78, 5) is 19.0. The van der Waals surface area contributed by atoms with E-state index >= 15 is 0 Å². The van der Waals surface area contributed by atoms with Crippen LogP contribution in [0, 0.1) is 0 Å². The van der Waals surface area contributed by atoms with Crippen molar-refractivity contribution in [3.63, 3.8) is 0 Å². The Morgan fingerprint density at radius 2 is 1.55 bits per heavy atom. The molecule has 0 unspecified atom stereocenters. The highest BCUT2D eigenvalue weighted by Crippen LogP contribution is 2.47. The van der Waals surface area contributed by atoms with E-state index in [4.69, 9.17) is 21.1 Å². The van der Waals surface area contributed by atoms with Crippen LogP contribution >= 0.6 is 18.7 Å². The van der Waals surface area contributed by atoms with Crippen molar-refractivity contribution >= 4 is 52.9 Å². The third kappa shape index (κ3) is 7.81. The first-order chi connectivity index (χ1) is 22.8. The molecule has 47 heavy (non-hydrogen) atoms. The predicted octanol–water partition coefficient (Wildman–Crippen LogP) is 5.17. The van der Waals surface area contributed by atoms with Crippen LogP contribution in [-0.2, 0) is 4.57 Å². The fourth-order valence-electron chi connectivity index (χ4n) is 6.86. The van der Waals surface area contributed by atoms with Gasteiger partial charge in [-0.3, -0.25) is 4.90 Å². The molecule has 254 valence electrons. The molecule has 0 bridgehead atoms. The fraction of sp³-hybridized carbons (Fsp3) is 0.529. The van der Waals surface area contributed by atoms with E-state index in [1.165, 1.54) is 25.9 Å². The van der Waals surface area contributed by atoms with E-state index in [-0.39, 0.29) is 0 Å². The number of methoxy groups -OCH3 is 2. The molecule has 2 N–H and O–H groups in total. The van der Waals surface area contributed by atoms with Crippen molar-refractivity contribution in [1.82, 2.24) is 24.7 Å². The predicted molar refractivity (Wildman–Crippen MR) is 193 cm³/mol. The van der Waals surface area contributed by atoms with Gasteiger partial charge in [-0.05, 0) is 56.8 Å². The molecule has 0 aliphatic carbocycles. The van der Waals surface area contributed by atoms with E-state index < -0.39 is 7.14 Å². The molecule has 3 aliphatic heterocycles. The zero-order valence-corrected chi connectivity index (χ0v) is 29.7. The molecule has 0 spiro atoms. The van der Waals surface area contributed by atoms with Gasteiger partial charge in [0.15, 0.2) is 5.82 Å². The van der Waals surface area contributed by atoms with Crippen molar-refractivity contribution in [1.29, 1.82) is 0 Å². The van der Waals surface area contributed by atoms with E-state index in [0.29, 0.717) is 52.3 Å². The molecule has 3 aromatic rings. The van der Waals surface area contributed by atoms with Gasteiger partial charge in [-0.15, -0.1) is 0 Å². The average Bonchev–Trinajstić information content (AvgIpc) is 3.10. The van der Waals surface area contributed by atoms with Crippen LogP contribution in [0.15, 0.2) is 42.6 Å². The SMILES string of the molecule is CCN1CCP(=O)(c2ccc(Nc3nc(Nc4ccc(N5CCC(N6CCN(C)CC6)CC5)cc4OC)ncc3Cl)c(OC)c2)CC1. The van der Waals surface area contributed by atoms with Crippen molar-refractivity contribution in [2.45, 2.75) is 25.8 Å². The van der Waals surface area contributed by atoms with E-state index in [9.17, 15) is 4.57 Å². The van der Waals surface area contributed by atoms with Gasteiger partial charge >= 0.3 is 0 Å². The van der Waals surface area contributed by atoms with Gasteiger partial charge in [0.25, 0.3) is 0 Å². The summed E-state index contributed by atoms with van der Waals surface area (Å²) in [5, 5.41) is 7.82. The topological polar surface area (TPSA) is 98.3 Å². The van der Waals surface area contributed by atoms with Crippen LogP contribution in [0.25, 0.3) is 0 Å². The van der Waals surface area contributed by atoms with Crippen molar-refractivity contribution in [3.05, 3.63) is 47.6 Å².